The summed E-state index contributed by atoms with van der Waals surface area (Å²) in [7, 11) is 3.98. The van der Waals surface area contributed by atoms with Gasteiger partial charge in [-0.2, -0.15) is 0 Å². The molecule has 0 bridgehead atoms. The van der Waals surface area contributed by atoms with Gasteiger partial charge >= 0.3 is 5.69 Å². The third kappa shape index (κ3) is 5.05. The number of nitrogens with zero attached hydrogens (tertiary/aromatic N) is 3. The molecule has 2 aromatic rings. The zero-order chi connectivity index (χ0) is 22.5. The summed E-state index contributed by atoms with van der Waals surface area (Å²) < 4.78 is 15.6. The molecular formula is C20H26N4O6S. The van der Waals surface area contributed by atoms with E-state index in [1.807, 2.05) is 5.38 Å². The number of nitrogens with one attached hydrogen (secondary N) is 1. The average molecular weight is 451 g/mol. The molecule has 1 saturated heterocycles. The minimum Gasteiger partial charge on any atom is -0.493 e. The predicted octanol–water partition coefficient (Wildman–Crippen LogP) is 3.56. The van der Waals surface area contributed by atoms with Crippen LogP contribution in [-0.2, 0) is 6.54 Å². The summed E-state index contributed by atoms with van der Waals surface area (Å²) >= 11 is 1.28. The van der Waals surface area contributed by atoms with E-state index in [1.165, 1.54) is 51.6 Å². The van der Waals surface area contributed by atoms with Crippen molar-refractivity contribution in [1.82, 2.24) is 9.88 Å². The van der Waals surface area contributed by atoms with Crippen LogP contribution in [0.1, 0.15) is 35.8 Å². The van der Waals surface area contributed by atoms with Gasteiger partial charge in [-0.05, 0) is 31.8 Å². The Bertz CT molecular complexity index is 955. The predicted molar refractivity (Wildman–Crippen MR) is 116 cm³/mol. The third-order valence-corrected chi connectivity index (χ3v) is 6.07. The number of nitro groups is 1. The molecule has 1 aromatic heterocycles. The monoisotopic (exact) mass is 450 g/mol. The highest BCUT2D eigenvalue weighted by atomic mass is 32.1. The van der Waals surface area contributed by atoms with Gasteiger partial charge in [-0.25, -0.2) is 4.98 Å². The van der Waals surface area contributed by atoms with Crippen LogP contribution in [0.2, 0.25) is 0 Å². The molecule has 3 rings (SSSR count). The van der Waals surface area contributed by atoms with Crippen LogP contribution < -0.4 is 19.5 Å². The quantitative estimate of drug-likeness (QED) is 0.479. The van der Waals surface area contributed by atoms with Crippen LogP contribution >= 0.6 is 11.3 Å². The van der Waals surface area contributed by atoms with Crippen LogP contribution in [0, 0.1) is 16.0 Å². The number of carbonyl (C=O) groups is 1. The van der Waals surface area contributed by atoms with E-state index in [4.69, 9.17) is 14.2 Å². The molecule has 0 spiro atoms. The van der Waals surface area contributed by atoms with Crippen molar-refractivity contribution < 1.29 is 23.9 Å². The van der Waals surface area contributed by atoms with Gasteiger partial charge in [0.2, 0.25) is 11.5 Å². The molecule has 11 heteroatoms. The molecule has 2 heterocycles. The Hall–Kier alpha value is -2.92. The topological polar surface area (TPSA) is 116 Å². The Morgan fingerprint density at radius 1 is 1.26 bits per heavy atom. The van der Waals surface area contributed by atoms with Crippen molar-refractivity contribution in [1.29, 1.82) is 0 Å². The van der Waals surface area contributed by atoms with Crippen LogP contribution in [0.5, 0.6) is 17.2 Å². The van der Waals surface area contributed by atoms with Gasteiger partial charge in [-0.3, -0.25) is 25.1 Å². The van der Waals surface area contributed by atoms with E-state index in [-0.39, 0.29) is 22.8 Å². The average Bonchev–Trinajstić information content (AvgIpc) is 3.19. The van der Waals surface area contributed by atoms with Gasteiger partial charge in [0.05, 0.1) is 31.9 Å². The van der Waals surface area contributed by atoms with Crippen molar-refractivity contribution in [2.75, 3.05) is 39.7 Å². The molecule has 10 nitrogen and oxygen atoms in total. The number of aromatic nitrogens is 1. The van der Waals surface area contributed by atoms with E-state index in [9.17, 15) is 14.9 Å². The Kier molecular flexibility index (Phi) is 7.29. The molecule has 31 heavy (non-hydrogen) atoms. The molecule has 0 aliphatic carbocycles. The summed E-state index contributed by atoms with van der Waals surface area (Å²) in [6.07, 6.45) is 2.33. The number of benzene rings is 1. The first-order valence-electron chi connectivity index (χ1n) is 9.83. The number of rotatable bonds is 8. The first-order chi connectivity index (χ1) is 14.9. The van der Waals surface area contributed by atoms with Crippen LogP contribution in [0.3, 0.4) is 0 Å². The maximum Gasteiger partial charge on any atom is 0.327 e. The van der Waals surface area contributed by atoms with E-state index in [1.54, 1.807) is 0 Å². The fraction of sp³-hybridized carbons (Fsp3) is 0.500. The first kappa shape index (κ1) is 22.8. The smallest absolute Gasteiger partial charge is 0.327 e. The summed E-state index contributed by atoms with van der Waals surface area (Å²) in [5.74, 6) is 0.0699. The van der Waals surface area contributed by atoms with Crippen molar-refractivity contribution in [3.8, 4) is 17.2 Å². The van der Waals surface area contributed by atoms with Gasteiger partial charge in [0.1, 0.15) is 5.56 Å². The molecule has 1 amide bonds. The van der Waals surface area contributed by atoms with E-state index < -0.39 is 16.5 Å². The maximum atomic E-state index is 12.9. The van der Waals surface area contributed by atoms with Crippen molar-refractivity contribution in [3.05, 3.63) is 32.8 Å². The molecule has 1 N–H and O–H groups in total. The Morgan fingerprint density at radius 3 is 2.52 bits per heavy atom. The SMILES string of the molecule is COc1cc(C(=O)Nc2nc(CN3CCC(C)CC3)cs2)c([N+](=O)[O-])c(OC)c1OC. The van der Waals surface area contributed by atoms with Crippen molar-refractivity contribution in [3.63, 3.8) is 0 Å². The molecule has 0 radical (unpaired) electrons. The molecule has 1 fully saturated rings. The lowest BCUT2D eigenvalue weighted by Gasteiger charge is -2.29. The number of anilines is 1. The van der Waals surface area contributed by atoms with Gasteiger partial charge in [0, 0.05) is 18.0 Å². The number of methoxy groups -OCH3 is 3. The van der Waals surface area contributed by atoms with Crippen molar-refractivity contribution in [2.24, 2.45) is 5.92 Å². The Balaban J connectivity index is 1.82. The second-order valence-corrected chi connectivity index (χ2v) is 8.21. The number of hydrogen-bond acceptors (Lipinski definition) is 9. The second-order valence-electron chi connectivity index (χ2n) is 7.36. The highest BCUT2D eigenvalue weighted by Gasteiger charge is 2.32. The highest BCUT2D eigenvalue weighted by molar-refractivity contribution is 7.14. The van der Waals surface area contributed by atoms with Gasteiger partial charge in [-0.15, -0.1) is 11.3 Å². The number of thiazole rings is 1. The zero-order valence-electron chi connectivity index (χ0n) is 18.0. The molecular weight excluding hydrogens is 424 g/mol. The van der Waals surface area contributed by atoms with Crippen LogP contribution in [0.15, 0.2) is 11.4 Å². The number of amides is 1. The summed E-state index contributed by atoms with van der Waals surface area (Å²) in [6, 6.07) is 1.26. The largest absolute Gasteiger partial charge is 0.493 e. The molecule has 0 unspecified atom stereocenters. The number of likely N-dealkylation sites (tertiary alicyclic amines) is 1. The van der Waals surface area contributed by atoms with Crippen molar-refractivity contribution in [2.45, 2.75) is 26.3 Å². The zero-order valence-corrected chi connectivity index (χ0v) is 18.8. The summed E-state index contributed by atoms with van der Waals surface area (Å²) in [5.41, 5.74) is 0.146. The minimum absolute atomic E-state index is 0.0423. The van der Waals surface area contributed by atoms with E-state index in [0.29, 0.717) is 11.7 Å². The van der Waals surface area contributed by atoms with E-state index in [2.05, 4.69) is 22.1 Å². The lowest BCUT2D eigenvalue weighted by molar-refractivity contribution is -0.386. The van der Waals surface area contributed by atoms with E-state index >= 15 is 0 Å². The van der Waals surface area contributed by atoms with Crippen LogP contribution in [0.4, 0.5) is 10.8 Å². The lowest BCUT2D eigenvalue weighted by Crippen LogP contribution is -2.32. The van der Waals surface area contributed by atoms with Gasteiger partial charge in [-0.1, -0.05) is 6.92 Å². The lowest BCUT2D eigenvalue weighted by atomic mass is 9.99. The van der Waals surface area contributed by atoms with Crippen LogP contribution in [0.25, 0.3) is 0 Å². The number of carbonyl (C=O) groups excluding carboxylic acids is 1. The number of hydrogen-bond donors (Lipinski definition) is 1. The molecule has 0 atom stereocenters. The summed E-state index contributed by atoms with van der Waals surface area (Å²) in [5, 5.41) is 16.6. The third-order valence-electron chi connectivity index (χ3n) is 5.27. The fourth-order valence-corrected chi connectivity index (χ4v) is 4.24. The molecule has 1 aliphatic heterocycles. The molecule has 0 saturated carbocycles. The maximum absolute atomic E-state index is 12.9. The standard InChI is InChI=1S/C20H26N4O6S/c1-12-5-7-23(8-6-12)10-13-11-31-20(21-13)22-19(25)14-9-15(28-2)17(29-3)18(30-4)16(14)24(26)27/h9,11-12H,5-8,10H2,1-4H3,(H,21,22,25). The molecule has 168 valence electrons. The summed E-state index contributed by atoms with van der Waals surface area (Å²) in [4.78, 5) is 30.7. The Morgan fingerprint density at radius 2 is 1.94 bits per heavy atom. The first-order valence-corrected chi connectivity index (χ1v) is 10.7. The van der Waals surface area contributed by atoms with E-state index in [0.717, 1.165) is 24.7 Å². The van der Waals surface area contributed by atoms with Gasteiger partial charge in [0.25, 0.3) is 5.91 Å². The van der Waals surface area contributed by atoms with Gasteiger partial charge < -0.3 is 14.2 Å². The van der Waals surface area contributed by atoms with Gasteiger partial charge in [0.15, 0.2) is 10.9 Å². The number of nitro benzene ring substituents is 1. The Labute approximate surface area is 184 Å². The molecule has 1 aromatic carbocycles. The fourth-order valence-electron chi connectivity index (χ4n) is 3.55. The normalized spacial score (nSPS) is 14.8. The van der Waals surface area contributed by atoms with Crippen LogP contribution in [-0.4, -0.2) is 55.1 Å². The highest BCUT2D eigenvalue weighted by Crippen LogP contribution is 2.46. The second kappa shape index (κ2) is 9.92. The van der Waals surface area contributed by atoms with Crippen molar-refractivity contribution >= 4 is 28.1 Å². The summed E-state index contributed by atoms with van der Waals surface area (Å²) in [6.45, 7) is 5.02. The molecule has 1 aliphatic rings. The minimum atomic E-state index is -0.682. The number of piperidine rings is 1. The number of ether oxygens (including phenoxy) is 3.